The number of aliphatic hydroxyl groups is 1. The van der Waals surface area contributed by atoms with Crippen molar-refractivity contribution in [1.29, 1.82) is 0 Å². The van der Waals surface area contributed by atoms with Crippen molar-refractivity contribution >= 4 is 35.1 Å². The maximum atomic E-state index is 12.8. The molecule has 0 bridgehead atoms. The molecule has 172 valence electrons. The summed E-state index contributed by atoms with van der Waals surface area (Å²) in [5.41, 5.74) is 0.515. The number of ether oxygens (including phenoxy) is 1. The normalized spacial score (nSPS) is 21.4. The zero-order chi connectivity index (χ0) is 22.8. The highest BCUT2D eigenvalue weighted by Gasteiger charge is 2.34. The predicted molar refractivity (Wildman–Crippen MR) is 126 cm³/mol. The fourth-order valence-corrected chi connectivity index (χ4v) is 3.99. The maximum Gasteiger partial charge on any atom is 0.153 e. The monoisotopic (exact) mass is 469 g/mol. The largest absolute Gasteiger partial charge is 0.511 e. The molecule has 6 nitrogen and oxygen atoms in total. The molecule has 0 spiro atoms. The van der Waals surface area contributed by atoms with Gasteiger partial charge in [0.25, 0.3) is 0 Å². The topological polar surface area (TPSA) is 77.3 Å². The Morgan fingerprint density at radius 3 is 2.58 bits per heavy atom. The van der Waals surface area contributed by atoms with Crippen molar-refractivity contribution < 1.29 is 23.7 Å². The Balaban J connectivity index is 1.92. The van der Waals surface area contributed by atoms with Gasteiger partial charge in [-0.25, -0.2) is 0 Å². The number of nitrogens with zero attached hydrogens (tertiary/aromatic N) is 1. The number of allylic oxidation sites excluding steroid dienone is 2. The first-order valence-corrected chi connectivity index (χ1v) is 11.9. The quantitative estimate of drug-likeness (QED) is 0.230. The molecular formula is C23H32ClNO5S. The van der Waals surface area contributed by atoms with E-state index in [1.807, 2.05) is 27.7 Å². The lowest BCUT2D eigenvalue weighted by Crippen LogP contribution is -2.32. The van der Waals surface area contributed by atoms with Gasteiger partial charge < -0.3 is 18.9 Å². The molecule has 2 rings (SSSR count). The highest BCUT2D eigenvalue weighted by Crippen LogP contribution is 2.30. The summed E-state index contributed by atoms with van der Waals surface area (Å²) in [5, 5.41) is 15.3. The van der Waals surface area contributed by atoms with Crippen LogP contribution in [-0.2, 0) is 13.8 Å². The summed E-state index contributed by atoms with van der Waals surface area (Å²) in [7, 11) is 0. The molecule has 0 aliphatic heterocycles. The molecular weight excluding hydrogens is 438 g/mol. The fourth-order valence-electron chi connectivity index (χ4n) is 3.42. The Morgan fingerprint density at radius 2 is 1.97 bits per heavy atom. The van der Waals surface area contributed by atoms with E-state index < -0.39 is 5.92 Å². The third-order valence-corrected chi connectivity index (χ3v) is 5.76. The van der Waals surface area contributed by atoms with Crippen LogP contribution in [-0.4, -0.2) is 41.2 Å². The van der Waals surface area contributed by atoms with Gasteiger partial charge in [0.05, 0.1) is 11.8 Å². The summed E-state index contributed by atoms with van der Waals surface area (Å²) >= 11 is 7.28. The van der Waals surface area contributed by atoms with E-state index in [0.29, 0.717) is 35.7 Å². The van der Waals surface area contributed by atoms with Gasteiger partial charge in [-0.15, -0.1) is 0 Å². The summed E-state index contributed by atoms with van der Waals surface area (Å²) in [6.45, 7) is 7.97. The molecule has 4 unspecified atom stereocenters. The number of carbonyl (C=O) groups excluding carboxylic acids is 1. The number of benzene rings is 1. The molecule has 0 amide bonds. The summed E-state index contributed by atoms with van der Waals surface area (Å²) < 4.78 is 11.4. The molecule has 31 heavy (non-hydrogen) atoms. The lowest BCUT2D eigenvalue weighted by Gasteiger charge is -2.26. The van der Waals surface area contributed by atoms with E-state index in [2.05, 4.69) is 5.16 Å². The third kappa shape index (κ3) is 8.39. The van der Waals surface area contributed by atoms with Gasteiger partial charge in [0, 0.05) is 17.2 Å². The molecule has 0 saturated heterocycles. The van der Waals surface area contributed by atoms with Crippen LogP contribution in [0.1, 0.15) is 47.0 Å². The second-order valence-electron chi connectivity index (χ2n) is 7.62. The zero-order valence-electron chi connectivity index (χ0n) is 18.5. The van der Waals surface area contributed by atoms with Gasteiger partial charge in [0.15, 0.2) is 6.61 Å². The number of carbonyl (C=O) groups is 1. The Labute approximate surface area is 194 Å². The Kier molecular flexibility index (Phi) is 10.7. The highest BCUT2D eigenvalue weighted by molar-refractivity contribution is 7.94. The molecule has 1 aromatic rings. The van der Waals surface area contributed by atoms with Crippen molar-refractivity contribution in [2.24, 2.45) is 17.0 Å². The summed E-state index contributed by atoms with van der Waals surface area (Å²) in [5.74, 6) is 0.778. The first kappa shape index (κ1) is 25.6. The van der Waals surface area contributed by atoms with Gasteiger partial charge in [0.1, 0.15) is 29.3 Å². The van der Waals surface area contributed by atoms with Gasteiger partial charge in [-0.2, -0.15) is 0 Å². The van der Waals surface area contributed by atoms with Crippen molar-refractivity contribution in [1.82, 2.24) is 0 Å². The lowest BCUT2D eigenvalue weighted by molar-refractivity contribution is -0.122. The Hall–Kier alpha value is -1.70. The van der Waals surface area contributed by atoms with Crippen molar-refractivity contribution in [2.45, 2.75) is 59.2 Å². The van der Waals surface area contributed by atoms with Crippen molar-refractivity contribution in [2.75, 3.05) is 12.4 Å². The number of Topliss-reactive ketones (excluding diaryl/α,β-unsaturated/α-hetero) is 1. The van der Waals surface area contributed by atoms with Crippen LogP contribution in [0.25, 0.3) is 0 Å². The molecule has 8 heteroatoms. The summed E-state index contributed by atoms with van der Waals surface area (Å²) in [4.78, 5) is 18.2. The molecule has 1 aliphatic carbocycles. The van der Waals surface area contributed by atoms with Gasteiger partial charge in [-0.1, -0.05) is 30.6 Å². The maximum absolute atomic E-state index is 12.8. The second-order valence-corrected chi connectivity index (χ2v) is 9.06. The Morgan fingerprint density at radius 1 is 1.26 bits per heavy atom. The number of halogens is 1. The summed E-state index contributed by atoms with van der Waals surface area (Å²) in [6.07, 6.45) is 3.06. The first-order chi connectivity index (χ1) is 14.8. The van der Waals surface area contributed by atoms with Crippen molar-refractivity contribution in [3.63, 3.8) is 0 Å². The molecule has 0 saturated carbocycles. The van der Waals surface area contributed by atoms with E-state index in [-0.39, 0.29) is 36.3 Å². The number of aliphatic hydroxyl groups excluding tert-OH is 1. The number of ketones is 1. The van der Waals surface area contributed by atoms with E-state index in [1.54, 1.807) is 30.3 Å². The molecule has 0 fully saturated rings. The Bertz CT molecular complexity index is 768. The second kappa shape index (κ2) is 13.0. The molecule has 4 atom stereocenters. The highest BCUT2D eigenvalue weighted by atomic mass is 35.5. The minimum Gasteiger partial charge on any atom is -0.511 e. The van der Waals surface area contributed by atoms with Crippen LogP contribution in [0.3, 0.4) is 0 Å². The first-order valence-electron chi connectivity index (χ1n) is 10.7. The van der Waals surface area contributed by atoms with E-state index >= 15 is 0 Å². The van der Waals surface area contributed by atoms with Crippen LogP contribution in [0.4, 0.5) is 0 Å². The van der Waals surface area contributed by atoms with E-state index in [1.165, 1.54) is 12.0 Å². The molecule has 1 aromatic carbocycles. The minimum absolute atomic E-state index is 0.00752. The zero-order valence-corrected chi connectivity index (χ0v) is 20.1. The third-order valence-electron chi connectivity index (χ3n) is 4.81. The van der Waals surface area contributed by atoms with Gasteiger partial charge in [-0.3, -0.25) is 4.79 Å². The van der Waals surface area contributed by atoms with Crippen LogP contribution >= 0.6 is 23.6 Å². The lowest BCUT2D eigenvalue weighted by atomic mass is 9.80. The average molecular weight is 470 g/mol. The van der Waals surface area contributed by atoms with Gasteiger partial charge in [0.2, 0.25) is 0 Å². The number of hydrogen-bond donors (Lipinski definition) is 1. The number of rotatable bonds is 12. The van der Waals surface area contributed by atoms with Crippen LogP contribution in [0.2, 0.25) is 5.02 Å². The molecule has 0 heterocycles. The van der Waals surface area contributed by atoms with Gasteiger partial charge in [-0.05, 0) is 75.0 Å². The molecule has 0 radical (unpaired) electrons. The van der Waals surface area contributed by atoms with Gasteiger partial charge >= 0.3 is 0 Å². The van der Waals surface area contributed by atoms with Crippen LogP contribution < -0.4 is 4.74 Å². The minimum atomic E-state index is -0.741. The predicted octanol–water partition coefficient (Wildman–Crippen LogP) is 6.00. The van der Waals surface area contributed by atoms with E-state index in [0.717, 1.165) is 5.75 Å². The van der Waals surface area contributed by atoms with Crippen LogP contribution in [0.5, 0.6) is 5.75 Å². The molecule has 1 N–H and O–H groups in total. The average Bonchev–Trinajstić information content (AvgIpc) is 2.72. The number of hydrogen-bond acceptors (Lipinski definition) is 7. The molecule has 0 aromatic heterocycles. The fraction of sp³-hybridized carbons (Fsp3) is 0.565. The summed E-state index contributed by atoms with van der Waals surface area (Å²) in [6, 6.07) is 7.08. The number of oxime groups is 1. The SMILES string of the molecule is CCSOC(C)CC1C=C(O)C(C(CC)=NOCC(C)Oc2ccc(Cl)cc2)C(=O)C1. The van der Waals surface area contributed by atoms with Crippen LogP contribution in [0, 0.1) is 11.8 Å². The smallest absolute Gasteiger partial charge is 0.153 e. The van der Waals surface area contributed by atoms with E-state index in [4.69, 9.17) is 25.4 Å². The standard InChI is InChI=1S/C23H32ClNO5S/c1-5-20(25-28-14-16(4)29-19-9-7-18(24)8-10-19)23-21(26)12-17(13-22(23)27)11-15(3)30-31-6-2/h7-10,12,15-17,23,26H,5-6,11,13-14H2,1-4H3. The van der Waals surface area contributed by atoms with Crippen LogP contribution in [0.15, 0.2) is 41.3 Å². The van der Waals surface area contributed by atoms with E-state index in [9.17, 15) is 9.90 Å². The van der Waals surface area contributed by atoms with Crippen molar-refractivity contribution in [3.05, 3.63) is 41.1 Å². The van der Waals surface area contributed by atoms with Crippen molar-refractivity contribution in [3.8, 4) is 5.75 Å². The molecule has 1 aliphatic rings.